The van der Waals surface area contributed by atoms with Gasteiger partial charge in [0, 0.05) is 12.4 Å². The molecule has 0 bridgehead atoms. The highest BCUT2D eigenvalue weighted by Crippen LogP contribution is 2.06. The third-order valence-electron chi connectivity index (χ3n) is 1.89. The Kier molecular flexibility index (Phi) is 7.62. The standard InChI is InChI=1S/C11H22ClNO4S/c1-11(2,3)17-10(14)13-7-5-9-18(15,16)8-4-6-12/h4-9H2,1-3H3,(H,13,14). The number of hydrogen-bond acceptors (Lipinski definition) is 4. The van der Waals surface area contributed by atoms with Crippen LogP contribution in [0, 0.1) is 0 Å². The van der Waals surface area contributed by atoms with Crippen LogP contribution in [-0.4, -0.2) is 44.0 Å². The van der Waals surface area contributed by atoms with Crippen molar-refractivity contribution < 1.29 is 17.9 Å². The van der Waals surface area contributed by atoms with E-state index in [0.29, 0.717) is 18.7 Å². The van der Waals surface area contributed by atoms with Crippen molar-refractivity contribution in [1.29, 1.82) is 0 Å². The predicted octanol–water partition coefficient (Wildman–Crippen LogP) is 1.94. The molecule has 0 saturated carbocycles. The zero-order valence-corrected chi connectivity index (χ0v) is 12.7. The molecule has 1 N–H and O–H groups in total. The van der Waals surface area contributed by atoms with Gasteiger partial charge in [-0.05, 0) is 33.6 Å². The first-order valence-corrected chi connectivity index (χ1v) is 8.25. The summed E-state index contributed by atoms with van der Waals surface area (Å²) in [7, 11) is -3.05. The quantitative estimate of drug-likeness (QED) is 0.576. The highest BCUT2D eigenvalue weighted by Gasteiger charge is 2.16. The van der Waals surface area contributed by atoms with Crippen molar-refractivity contribution in [2.75, 3.05) is 23.9 Å². The van der Waals surface area contributed by atoms with E-state index in [4.69, 9.17) is 16.3 Å². The largest absolute Gasteiger partial charge is 0.444 e. The number of carbonyl (C=O) groups is 1. The number of amides is 1. The van der Waals surface area contributed by atoms with E-state index < -0.39 is 21.5 Å². The summed E-state index contributed by atoms with van der Waals surface area (Å²) in [6.45, 7) is 5.59. The maximum atomic E-state index is 11.5. The molecule has 0 aliphatic rings. The molecule has 0 unspecified atom stereocenters. The summed E-state index contributed by atoms with van der Waals surface area (Å²) in [4.78, 5) is 11.3. The average Bonchev–Trinajstić information content (AvgIpc) is 2.19. The van der Waals surface area contributed by atoms with Crippen LogP contribution in [0.1, 0.15) is 33.6 Å². The molecule has 0 aromatic heterocycles. The molecule has 0 radical (unpaired) electrons. The van der Waals surface area contributed by atoms with Crippen LogP contribution in [-0.2, 0) is 14.6 Å². The normalized spacial score (nSPS) is 12.2. The number of rotatable bonds is 7. The van der Waals surface area contributed by atoms with Crippen molar-refractivity contribution in [2.45, 2.75) is 39.2 Å². The Bertz CT molecular complexity index is 349. The van der Waals surface area contributed by atoms with E-state index in [9.17, 15) is 13.2 Å². The van der Waals surface area contributed by atoms with Crippen LogP contribution in [0.25, 0.3) is 0 Å². The summed E-state index contributed by atoms with van der Waals surface area (Å²) in [6, 6.07) is 0. The lowest BCUT2D eigenvalue weighted by Crippen LogP contribution is -2.33. The van der Waals surface area contributed by atoms with Gasteiger partial charge >= 0.3 is 6.09 Å². The summed E-state index contributed by atoms with van der Waals surface area (Å²) >= 11 is 5.43. The minimum atomic E-state index is -3.05. The van der Waals surface area contributed by atoms with Gasteiger partial charge in [-0.25, -0.2) is 13.2 Å². The number of alkyl halides is 1. The summed E-state index contributed by atoms with van der Waals surface area (Å²) < 4.78 is 27.9. The molecule has 108 valence electrons. The zero-order valence-electron chi connectivity index (χ0n) is 11.2. The summed E-state index contributed by atoms with van der Waals surface area (Å²) in [5, 5.41) is 2.52. The fourth-order valence-corrected chi connectivity index (χ4v) is 2.84. The number of sulfone groups is 1. The number of nitrogens with one attached hydrogen (secondary N) is 1. The Labute approximate surface area is 114 Å². The van der Waals surface area contributed by atoms with Gasteiger partial charge in [-0.2, -0.15) is 0 Å². The van der Waals surface area contributed by atoms with Gasteiger partial charge in [0.05, 0.1) is 11.5 Å². The second-order valence-electron chi connectivity index (χ2n) is 4.98. The molecular formula is C11H22ClNO4S. The third kappa shape index (κ3) is 10.7. The third-order valence-corrected chi connectivity index (χ3v) is 3.98. The van der Waals surface area contributed by atoms with Crippen LogP contribution in [0.5, 0.6) is 0 Å². The van der Waals surface area contributed by atoms with Crippen molar-refractivity contribution >= 4 is 27.5 Å². The Morgan fingerprint density at radius 2 is 1.78 bits per heavy atom. The predicted molar refractivity (Wildman–Crippen MR) is 72.8 cm³/mol. The Morgan fingerprint density at radius 3 is 2.28 bits per heavy atom. The first-order valence-electron chi connectivity index (χ1n) is 5.89. The molecule has 0 aromatic carbocycles. The van der Waals surface area contributed by atoms with Crippen LogP contribution in [0.2, 0.25) is 0 Å². The lowest BCUT2D eigenvalue weighted by Gasteiger charge is -2.19. The van der Waals surface area contributed by atoms with Crippen molar-refractivity contribution in [1.82, 2.24) is 5.32 Å². The monoisotopic (exact) mass is 299 g/mol. The first kappa shape index (κ1) is 17.5. The Balaban J connectivity index is 3.77. The summed E-state index contributed by atoms with van der Waals surface area (Å²) in [5.41, 5.74) is -0.545. The molecule has 0 atom stereocenters. The van der Waals surface area contributed by atoms with Gasteiger partial charge in [0.1, 0.15) is 15.4 Å². The molecule has 0 fully saturated rings. The fourth-order valence-electron chi connectivity index (χ4n) is 1.17. The van der Waals surface area contributed by atoms with Gasteiger partial charge in [-0.15, -0.1) is 11.6 Å². The van der Waals surface area contributed by atoms with Crippen molar-refractivity contribution in [3.05, 3.63) is 0 Å². The molecule has 0 aliphatic heterocycles. The molecule has 0 saturated heterocycles. The minimum Gasteiger partial charge on any atom is -0.444 e. The van der Waals surface area contributed by atoms with E-state index in [2.05, 4.69) is 5.32 Å². The lowest BCUT2D eigenvalue weighted by atomic mass is 10.2. The SMILES string of the molecule is CC(C)(C)OC(=O)NCCCS(=O)(=O)CCCCl. The number of alkyl carbamates (subject to hydrolysis) is 1. The summed E-state index contributed by atoms with van der Waals surface area (Å²) in [6.07, 6.45) is 0.313. The van der Waals surface area contributed by atoms with Crippen molar-refractivity contribution in [3.8, 4) is 0 Å². The Morgan fingerprint density at radius 1 is 1.22 bits per heavy atom. The topological polar surface area (TPSA) is 72.5 Å². The number of hydrogen-bond donors (Lipinski definition) is 1. The van der Waals surface area contributed by atoms with E-state index in [1.165, 1.54) is 0 Å². The van der Waals surface area contributed by atoms with E-state index in [1.54, 1.807) is 20.8 Å². The van der Waals surface area contributed by atoms with Crippen LogP contribution in [0.15, 0.2) is 0 Å². The van der Waals surface area contributed by atoms with Gasteiger partial charge in [0.15, 0.2) is 0 Å². The van der Waals surface area contributed by atoms with E-state index in [1.807, 2.05) is 0 Å². The zero-order chi connectivity index (χ0) is 14.2. The lowest BCUT2D eigenvalue weighted by molar-refractivity contribution is 0.0528. The van der Waals surface area contributed by atoms with Crippen molar-refractivity contribution in [2.24, 2.45) is 0 Å². The first-order chi connectivity index (χ1) is 8.16. The van der Waals surface area contributed by atoms with E-state index in [0.717, 1.165) is 0 Å². The average molecular weight is 300 g/mol. The highest BCUT2D eigenvalue weighted by molar-refractivity contribution is 7.91. The van der Waals surface area contributed by atoms with Crippen LogP contribution in [0.4, 0.5) is 4.79 Å². The van der Waals surface area contributed by atoms with E-state index in [-0.39, 0.29) is 18.1 Å². The molecule has 5 nitrogen and oxygen atoms in total. The smallest absolute Gasteiger partial charge is 0.407 e. The molecule has 0 aromatic rings. The van der Waals surface area contributed by atoms with Gasteiger partial charge in [0.25, 0.3) is 0 Å². The highest BCUT2D eigenvalue weighted by atomic mass is 35.5. The Hall–Kier alpha value is -0.490. The number of carbonyl (C=O) groups excluding carboxylic acids is 1. The molecule has 7 heteroatoms. The molecule has 0 spiro atoms. The number of ether oxygens (including phenoxy) is 1. The van der Waals surface area contributed by atoms with Crippen LogP contribution < -0.4 is 5.32 Å². The van der Waals surface area contributed by atoms with Gasteiger partial charge in [-0.1, -0.05) is 0 Å². The maximum Gasteiger partial charge on any atom is 0.407 e. The molecule has 18 heavy (non-hydrogen) atoms. The summed E-state index contributed by atoms with van der Waals surface area (Å²) in [5.74, 6) is 0.498. The number of halogens is 1. The molecule has 1 amide bonds. The second-order valence-corrected chi connectivity index (χ2v) is 7.66. The maximum absolute atomic E-state index is 11.5. The van der Waals surface area contributed by atoms with E-state index >= 15 is 0 Å². The molecule has 0 heterocycles. The van der Waals surface area contributed by atoms with Crippen LogP contribution in [0.3, 0.4) is 0 Å². The second kappa shape index (κ2) is 7.84. The molecule has 0 aliphatic carbocycles. The fraction of sp³-hybridized carbons (Fsp3) is 0.909. The van der Waals surface area contributed by atoms with Gasteiger partial charge in [0.2, 0.25) is 0 Å². The van der Waals surface area contributed by atoms with Gasteiger partial charge < -0.3 is 10.1 Å². The van der Waals surface area contributed by atoms with Gasteiger partial charge in [-0.3, -0.25) is 0 Å². The molecular weight excluding hydrogens is 278 g/mol. The van der Waals surface area contributed by atoms with Crippen molar-refractivity contribution in [3.63, 3.8) is 0 Å². The molecule has 0 rings (SSSR count). The van der Waals surface area contributed by atoms with Crippen LogP contribution >= 0.6 is 11.6 Å². The minimum absolute atomic E-state index is 0.0552.